The van der Waals surface area contributed by atoms with Crippen LogP contribution >= 0.6 is 0 Å². The van der Waals surface area contributed by atoms with Gasteiger partial charge in [-0.3, -0.25) is 14.0 Å². The molecule has 0 spiro atoms. The van der Waals surface area contributed by atoms with Crippen molar-refractivity contribution in [1.82, 2.24) is 29.3 Å². The number of hydrogen-bond acceptors (Lipinski definition) is 6. The van der Waals surface area contributed by atoms with Gasteiger partial charge in [0.1, 0.15) is 18.0 Å². The molecule has 0 bridgehead atoms. The van der Waals surface area contributed by atoms with E-state index in [4.69, 9.17) is 0 Å². The Hall–Kier alpha value is -3.36. The van der Waals surface area contributed by atoms with Crippen LogP contribution in [0.2, 0.25) is 0 Å². The van der Waals surface area contributed by atoms with Gasteiger partial charge in [-0.15, -0.1) is 0 Å². The summed E-state index contributed by atoms with van der Waals surface area (Å²) < 4.78 is 16.7. The van der Waals surface area contributed by atoms with Gasteiger partial charge in [0.25, 0.3) is 5.56 Å². The number of fused-ring (bicyclic) bond motifs is 2. The Morgan fingerprint density at radius 1 is 1.14 bits per heavy atom. The average molecular weight is 393 g/mol. The number of piperidine rings is 1. The summed E-state index contributed by atoms with van der Waals surface area (Å²) >= 11 is 0. The van der Waals surface area contributed by atoms with E-state index in [1.807, 2.05) is 7.05 Å². The smallest absolute Gasteiger partial charge is 0.261 e. The molecule has 3 aromatic heterocycles. The summed E-state index contributed by atoms with van der Waals surface area (Å²) in [6.45, 7) is 2.32. The van der Waals surface area contributed by atoms with Crippen LogP contribution in [0.4, 0.5) is 10.2 Å². The third kappa shape index (κ3) is 3.12. The van der Waals surface area contributed by atoms with Crippen molar-refractivity contribution in [2.45, 2.75) is 19.4 Å². The summed E-state index contributed by atoms with van der Waals surface area (Å²) in [7, 11) is 1.87. The largest absolute Gasteiger partial charge is 0.356 e. The Morgan fingerprint density at radius 3 is 2.79 bits per heavy atom. The maximum Gasteiger partial charge on any atom is 0.261 e. The minimum atomic E-state index is -0.387. The fourth-order valence-electron chi connectivity index (χ4n) is 4.07. The number of hydrogen-bond donors (Lipinski definition) is 0. The van der Waals surface area contributed by atoms with Crippen molar-refractivity contribution in [3.8, 4) is 0 Å². The van der Waals surface area contributed by atoms with Gasteiger partial charge in [-0.05, 0) is 30.9 Å². The van der Waals surface area contributed by atoms with Gasteiger partial charge < -0.3 is 4.90 Å². The lowest BCUT2D eigenvalue weighted by Crippen LogP contribution is -2.37. The quantitative estimate of drug-likeness (QED) is 0.530. The van der Waals surface area contributed by atoms with Crippen LogP contribution in [-0.2, 0) is 13.6 Å². The Balaban J connectivity index is 1.32. The van der Waals surface area contributed by atoms with E-state index < -0.39 is 0 Å². The van der Waals surface area contributed by atoms with Crippen molar-refractivity contribution in [3.63, 3.8) is 0 Å². The molecule has 29 heavy (non-hydrogen) atoms. The molecule has 4 heterocycles. The van der Waals surface area contributed by atoms with Crippen molar-refractivity contribution in [2.24, 2.45) is 13.0 Å². The lowest BCUT2D eigenvalue weighted by atomic mass is 9.96. The molecule has 1 aliphatic heterocycles. The summed E-state index contributed by atoms with van der Waals surface area (Å²) in [5.41, 5.74) is 1.10. The van der Waals surface area contributed by atoms with Gasteiger partial charge in [0.15, 0.2) is 5.65 Å². The van der Waals surface area contributed by atoms with E-state index in [0.29, 0.717) is 23.4 Å². The van der Waals surface area contributed by atoms with E-state index in [1.165, 1.54) is 24.5 Å². The van der Waals surface area contributed by atoms with Crippen LogP contribution < -0.4 is 10.5 Å². The molecular weight excluding hydrogens is 373 g/mol. The molecule has 0 amide bonds. The van der Waals surface area contributed by atoms with Gasteiger partial charge in [0, 0.05) is 32.7 Å². The zero-order valence-corrected chi connectivity index (χ0v) is 16.0. The minimum absolute atomic E-state index is 0.120. The second-order valence-electron chi connectivity index (χ2n) is 7.50. The SMILES string of the molecule is Cn1ncc2c(N3CCC(Cn4cnc5cc(F)ccc5c4=O)CC3)ncnc21. The van der Waals surface area contributed by atoms with Gasteiger partial charge in [-0.25, -0.2) is 19.3 Å². The number of anilines is 1. The number of rotatable bonds is 3. The second kappa shape index (κ2) is 6.91. The molecule has 0 saturated carbocycles. The third-order valence-electron chi connectivity index (χ3n) is 5.66. The molecule has 1 aliphatic rings. The van der Waals surface area contributed by atoms with Crippen LogP contribution in [0.5, 0.6) is 0 Å². The van der Waals surface area contributed by atoms with E-state index in [2.05, 4.69) is 25.0 Å². The molecule has 148 valence electrons. The van der Waals surface area contributed by atoms with E-state index >= 15 is 0 Å². The van der Waals surface area contributed by atoms with Gasteiger partial charge in [0.2, 0.25) is 0 Å². The first kappa shape index (κ1) is 17.7. The van der Waals surface area contributed by atoms with Gasteiger partial charge in [-0.2, -0.15) is 5.10 Å². The summed E-state index contributed by atoms with van der Waals surface area (Å²) in [6.07, 6.45) is 6.80. The topological polar surface area (TPSA) is 81.7 Å². The van der Waals surface area contributed by atoms with Gasteiger partial charge in [0.05, 0.1) is 28.8 Å². The van der Waals surface area contributed by atoms with E-state index in [-0.39, 0.29) is 11.4 Å². The van der Waals surface area contributed by atoms with Crippen molar-refractivity contribution < 1.29 is 4.39 Å². The number of aromatic nitrogens is 6. The summed E-state index contributed by atoms with van der Waals surface area (Å²) in [4.78, 5) is 28.0. The van der Waals surface area contributed by atoms with Crippen molar-refractivity contribution >= 4 is 27.8 Å². The number of halogens is 1. The molecule has 1 aromatic carbocycles. The normalized spacial score (nSPS) is 15.4. The van der Waals surface area contributed by atoms with Crippen LogP contribution in [0.15, 0.2) is 41.8 Å². The monoisotopic (exact) mass is 393 g/mol. The highest BCUT2D eigenvalue weighted by Crippen LogP contribution is 2.27. The zero-order valence-electron chi connectivity index (χ0n) is 16.0. The van der Waals surface area contributed by atoms with Crippen LogP contribution in [0.3, 0.4) is 0 Å². The average Bonchev–Trinajstić information content (AvgIpc) is 3.12. The van der Waals surface area contributed by atoms with Gasteiger partial charge in [-0.1, -0.05) is 0 Å². The third-order valence-corrected chi connectivity index (χ3v) is 5.66. The Labute approximate surface area is 165 Å². The molecule has 0 radical (unpaired) electrons. The summed E-state index contributed by atoms with van der Waals surface area (Å²) in [6, 6.07) is 4.10. The highest BCUT2D eigenvalue weighted by molar-refractivity contribution is 5.86. The molecule has 8 nitrogen and oxygen atoms in total. The molecule has 0 N–H and O–H groups in total. The van der Waals surface area contributed by atoms with Crippen molar-refractivity contribution in [3.05, 3.63) is 53.2 Å². The summed E-state index contributed by atoms with van der Waals surface area (Å²) in [5.74, 6) is 0.893. The molecule has 5 rings (SSSR count). The highest BCUT2D eigenvalue weighted by atomic mass is 19.1. The number of benzene rings is 1. The first-order chi connectivity index (χ1) is 14.1. The number of nitrogens with zero attached hydrogens (tertiary/aromatic N) is 7. The lowest BCUT2D eigenvalue weighted by Gasteiger charge is -2.33. The van der Waals surface area contributed by atoms with E-state index in [1.54, 1.807) is 21.8 Å². The Morgan fingerprint density at radius 2 is 1.97 bits per heavy atom. The lowest BCUT2D eigenvalue weighted by molar-refractivity contribution is 0.351. The molecule has 1 saturated heterocycles. The molecule has 1 fully saturated rings. The minimum Gasteiger partial charge on any atom is -0.356 e. The first-order valence-corrected chi connectivity index (χ1v) is 9.62. The Kier molecular flexibility index (Phi) is 4.22. The van der Waals surface area contributed by atoms with Crippen LogP contribution in [0.1, 0.15) is 12.8 Å². The number of aryl methyl sites for hydroxylation is 1. The Bertz CT molecular complexity index is 1260. The molecule has 0 atom stereocenters. The summed E-state index contributed by atoms with van der Waals surface area (Å²) in [5, 5.41) is 5.69. The van der Waals surface area contributed by atoms with Crippen molar-refractivity contribution in [2.75, 3.05) is 18.0 Å². The molecular formula is C20H20FN7O. The van der Waals surface area contributed by atoms with E-state index in [9.17, 15) is 9.18 Å². The maximum atomic E-state index is 13.3. The standard InChI is InChI=1S/C20H20FN7O/c1-26-18-16(9-25-26)19(23-11-22-18)27-6-4-13(5-7-27)10-28-12-24-17-8-14(21)2-3-15(17)20(28)29/h2-3,8-9,11-13H,4-7,10H2,1H3. The predicted molar refractivity (Wildman–Crippen MR) is 107 cm³/mol. The maximum absolute atomic E-state index is 13.3. The zero-order chi connectivity index (χ0) is 20.0. The molecule has 9 heteroatoms. The fourth-order valence-corrected chi connectivity index (χ4v) is 4.07. The second-order valence-corrected chi connectivity index (χ2v) is 7.50. The molecule has 0 aliphatic carbocycles. The highest BCUT2D eigenvalue weighted by Gasteiger charge is 2.23. The van der Waals surface area contributed by atoms with Crippen LogP contribution in [0.25, 0.3) is 21.9 Å². The first-order valence-electron chi connectivity index (χ1n) is 9.62. The van der Waals surface area contributed by atoms with Crippen LogP contribution in [-0.4, -0.2) is 42.4 Å². The molecule has 0 unspecified atom stereocenters. The fraction of sp³-hybridized carbons (Fsp3) is 0.350. The van der Waals surface area contributed by atoms with Gasteiger partial charge >= 0.3 is 0 Å². The van der Waals surface area contributed by atoms with Crippen LogP contribution in [0, 0.1) is 11.7 Å². The predicted octanol–water partition coefficient (Wildman–Crippen LogP) is 2.13. The molecule has 4 aromatic rings. The van der Waals surface area contributed by atoms with Crippen molar-refractivity contribution in [1.29, 1.82) is 0 Å². The van der Waals surface area contributed by atoms with E-state index in [0.717, 1.165) is 42.8 Å².